The fourth-order valence-corrected chi connectivity index (χ4v) is 3.83. The lowest BCUT2D eigenvalue weighted by Crippen LogP contribution is -2.26. The number of fused-ring (bicyclic) bond motifs is 3. The van der Waals surface area contributed by atoms with Gasteiger partial charge in [-0.05, 0) is 34.4 Å². The average molecular weight is 469 g/mol. The Hall–Kier alpha value is -3.99. The molecule has 0 heterocycles. The lowest BCUT2D eigenvalue weighted by molar-refractivity contribution is -0.274. The topological polar surface area (TPSA) is 47.6 Å². The number of hydrogen-bond donors (Lipinski definition) is 1. The summed E-state index contributed by atoms with van der Waals surface area (Å²) in [4.78, 5) is 12.1. The van der Waals surface area contributed by atoms with Crippen LogP contribution in [0.1, 0.15) is 29.0 Å². The van der Waals surface area contributed by atoms with Gasteiger partial charge in [0, 0.05) is 24.9 Å². The van der Waals surface area contributed by atoms with Crippen molar-refractivity contribution in [2.24, 2.45) is 0 Å². The summed E-state index contributed by atoms with van der Waals surface area (Å²) in [6.45, 7) is 0.351. The van der Waals surface area contributed by atoms with Crippen LogP contribution in [0.4, 0.5) is 22.4 Å². The van der Waals surface area contributed by atoms with Gasteiger partial charge in [-0.3, -0.25) is 0 Å². The van der Waals surface area contributed by atoms with E-state index in [9.17, 15) is 22.4 Å². The van der Waals surface area contributed by atoms with Crippen LogP contribution < -0.4 is 10.1 Å². The molecule has 0 spiro atoms. The Labute approximate surface area is 193 Å². The molecule has 4 nitrogen and oxygen atoms in total. The quantitative estimate of drug-likeness (QED) is 0.283. The number of nitrogens with one attached hydrogen (secondary N) is 1. The van der Waals surface area contributed by atoms with Crippen molar-refractivity contribution in [2.75, 3.05) is 13.2 Å². The Morgan fingerprint density at radius 2 is 1.62 bits per heavy atom. The second-order valence-corrected chi connectivity index (χ2v) is 7.49. The second kappa shape index (κ2) is 9.87. The standard InChI is InChI=1S/C26H19F4NO3/c27-24-15-18(34-26(28,29)30)13-12-17(24)7-5-6-14-31-25(32)33-16-23-21-10-3-1-8-19(21)20-9-2-4-11-22(20)23/h1-4,8-13,15,23H,6,14,16H2,(H,31,32). The number of benzene rings is 3. The molecule has 3 aromatic rings. The molecule has 1 amide bonds. The molecule has 8 heteroatoms. The highest BCUT2D eigenvalue weighted by Gasteiger charge is 2.31. The number of carbonyl (C=O) groups is 1. The van der Waals surface area contributed by atoms with Crippen LogP contribution in [0, 0.1) is 17.7 Å². The molecule has 0 radical (unpaired) electrons. The largest absolute Gasteiger partial charge is 0.573 e. The number of alkyl halides is 3. The minimum Gasteiger partial charge on any atom is -0.449 e. The Bertz CT molecular complexity index is 1220. The minimum absolute atomic E-state index is 0.0507. The van der Waals surface area contributed by atoms with Crippen molar-refractivity contribution >= 4 is 6.09 Å². The molecule has 0 aliphatic heterocycles. The Morgan fingerprint density at radius 3 is 2.24 bits per heavy atom. The van der Waals surface area contributed by atoms with Crippen molar-refractivity contribution in [3.63, 3.8) is 0 Å². The van der Waals surface area contributed by atoms with Crippen molar-refractivity contribution in [3.05, 3.63) is 89.2 Å². The number of ether oxygens (including phenoxy) is 2. The van der Waals surface area contributed by atoms with Crippen molar-refractivity contribution in [3.8, 4) is 28.7 Å². The molecule has 0 unspecified atom stereocenters. The van der Waals surface area contributed by atoms with E-state index in [-0.39, 0.29) is 31.1 Å². The van der Waals surface area contributed by atoms with Crippen LogP contribution in [0.5, 0.6) is 5.75 Å². The van der Waals surface area contributed by atoms with Gasteiger partial charge in [0.25, 0.3) is 0 Å². The molecule has 0 bridgehead atoms. The zero-order valence-corrected chi connectivity index (χ0v) is 17.8. The first-order valence-corrected chi connectivity index (χ1v) is 10.4. The molecule has 0 saturated heterocycles. The highest BCUT2D eigenvalue weighted by Crippen LogP contribution is 2.44. The van der Waals surface area contributed by atoms with Crippen LogP contribution in [0.15, 0.2) is 66.7 Å². The van der Waals surface area contributed by atoms with Crippen LogP contribution in [0.25, 0.3) is 11.1 Å². The molecule has 0 atom stereocenters. The van der Waals surface area contributed by atoms with Crippen molar-refractivity contribution in [1.82, 2.24) is 5.32 Å². The minimum atomic E-state index is -4.90. The maximum atomic E-state index is 13.9. The fraction of sp³-hybridized carbons (Fsp3) is 0.192. The molecule has 0 fully saturated rings. The highest BCUT2D eigenvalue weighted by molar-refractivity contribution is 5.79. The predicted octanol–water partition coefficient (Wildman–Crippen LogP) is 6.00. The zero-order valence-electron chi connectivity index (χ0n) is 17.8. The Balaban J connectivity index is 1.26. The summed E-state index contributed by atoms with van der Waals surface area (Å²) in [5.41, 5.74) is 4.41. The number of carbonyl (C=O) groups excluding carboxylic acids is 1. The smallest absolute Gasteiger partial charge is 0.449 e. The summed E-state index contributed by atoms with van der Waals surface area (Å²) in [5.74, 6) is 3.54. The van der Waals surface area contributed by atoms with E-state index in [0.717, 1.165) is 34.4 Å². The summed E-state index contributed by atoms with van der Waals surface area (Å²) in [6.07, 6.45) is -5.29. The van der Waals surface area contributed by atoms with E-state index in [1.54, 1.807) is 0 Å². The van der Waals surface area contributed by atoms with Gasteiger partial charge in [-0.25, -0.2) is 9.18 Å². The summed E-state index contributed by atoms with van der Waals surface area (Å²) in [6, 6.07) is 18.7. The summed E-state index contributed by atoms with van der Waals surface area (Å²) < 4.78 is 59.5. The van der Waals surface area contributed by atoms with E-state index in [4.69, 9.17) is 4.74 Å². The average Bonchev–Trinajstić information content (AvgIpc) is 3.11. The first-order valence-electron chi connectivity index (χ1n) is 10.4. The molecule has 34 heavy (non-hydrogen) atoms. The van der Waals surface area contributed by atoms with E-state index in [1.165, 1.54) is 0 Å². The van der Waals surface area contributed by atoms with Crippen LogP contribution in [0.2, 0.25) is 0 Å². The maximum absolute atomic E-state index is 13.9. The van der Waals surface area contributed by atoms with E-state index >= 15 is 0 Å². The third kappa shape index (κ3) is 5.49. The summed E-state index contributed by atoms with van der Waals surface area (Å²) >= 11 is 0. The van der Waals surface area contributed by atoms with Gasteiger partial charge in [0.05, 0.1) is 5.56 Å². The number of amides is 1. The van der Waals surface area contributed by atoms with Gasteiger partial charge in [-0.15, -0.1) is 13.2 Å². The van der Waals surface area contributed by atoms with Gasteiger partial charge < -0.3 is 14.8 Å². The molecular weight excluding hydrogens is 450 g/mol. The third-order valence-corrected chi connectivity index (χ3v) is 5.26. The molecule has 4 rings (SSSR count). The Morgan fingerprint density at radius 1 is 0.971 bits per heavy atom. The van der Waals surface area contributed by atoms with Gasteiger partial charge >= 0.3 is 12.5 Å². The van der Waals surface area contributed by atoms with Gasteiger partial charge in [-0.1, -0.05) is 60.4 Å². The van der Waals surface area contributed by atoms with Crippen LogP contribution in [0.3, 0.4) is 0 Å². The third-order valence-electron chi connectivity index (χ3n) is 5.26. The van der Waals surface area contributed by atoms with E-state index in [0.29, 0.717) is 6.07 Å². The molecule has 1 aliphatic carbocycles. The molecule has 1 aliphatic rings. The first kappa shape index (κ1) is 23.2. The Kier molecular flexibility index (Phi) is 6.73. The van der Waals surface area contributed by atoms with Crippen molar-refractivity contribution in [1.29, 1.82) is 0 Å². The summed E-state index contributed by atoms with van der Waals surface area (Å²) in [5, 5.41) is 2.59. The lowest BCUT2D eigenvalue weighted by Gasteiger charge is -2.14. The molecule has 3 aromatic carbocycles. The van der Waals surface area contributed by atoms with Crippen molar-refractivity contribution < 1.29 is 31.8 Å². The van der Waals surface area contributed by atoms with E-state index < -0.39 is 24.0 Å². The van der Waals surface area contributed by atoms with Gasteiger partial charge in [0.15, 0.2) is 0 Å². The zero-order chi connectivity index (χ0) is 24.1. The molecule has 1 N–H and O–H groups in total. The number of halogens is 4. The van der Waals surface area contributed by atoms with Gasteiger partial charge in [0.2, 0.25) is 0 Å². The second-order valence-electron chi connectivity index (χ2n) is 7.49. The van der Waals surface area contributed by atoms with Gasteiger partial charge in [0.1, 0.15) is 18.2 Å². The monoisotopic (exact) mass is 469 g/mol. The van der Waals surface area contributed by atoms with Crippen LogP contribution in [-0.4, -0.2) is 25.6 Å². The molecule has 0 aromatic heterocycles. The number of rotatable bonds is 5. The van der Waals surface area contributed by atoms with Crippen LogP contribution >= 0.6 is 0 Å². The van der Waals surface area contributed by atoms with Gasteiger partial charge in [-0.2, -0.15) is 0 Å². The van der Waals surface area contributed by atoms with E-state index in [2.05, 4.69) is 21.9 Å². The molecule has 174 valence electrons. The van der Waals surface area contributed by atoms with E-state index in [1.807, 2.05) is 48.5 Å². The normalized spacial score (nSPS) is 12.2. The van der Waals surface area contributed by atoms with Crippen molar-refractivity contribution in [2.45, 2.75) is 18.7 Å². The number of alkyl carbamates (subject to hydrolysis) is 1. The molecular formula is C26H19F4NO3. The summed E-state index contributed by atoms with van der Waals surface area (Å²) in [7, 11) is 0. The fourth-order valence-electron chi connectivity index (χ4n) is 3.83. The SMILES string of the molecule is O=C(NCCC#Cc1ccc(OC(F)(F)F)cc1F)OCC1c2ccccc2-c2ccccc21. The number of hydrogen-bond acceptors (Lipinski definition) is 3. The first-order chi connectivity index (χ1) is 16.3. The highest BCUT2D eigenvalue weighted by atomic mass is 19.4. The predicted molar refractivity (Wildman–Crippen MR) is 118 cm³/mol. The lowest BCUT2D eigenvalue weighted by atomic mass is 9.98. The van der Waals surface area contributed by atoms with Crippen LogP contribution in [-0.2, 0) is 4.74 Å². The maximum Gasteiger partial charge on any atom is 0.573 e. The molecule has 0 saturated carbocycles.